The van der Waals surface area contributed by atoms with Crippen molar-refractivity contribution >= 4 is 5.91 Å². The van der Waals surface area contributed by atoms with E-state index in [1.807, 2.05) is 19.2 Å². The molecule has 1 rings (SSSR count). The zero-order valence-corrected chi connectivity index (χ0v) is 12.1. The molecule has 1 aromatic carbocycles. The molecule has 19 heavy (non-hydrogen) atoms. The molecule has 0 N–H and O–H groups in total. The number of nitrogens with zero attached hydrogens (tertiary/aromatic N) is 1. The fourth-order valence-corrected chi connectivity index (χ4v) is 1.62. The van der Waals surface area contributed by atoms with Gasteiger partial charge in [-0.15, -0.1) is 0 Å². The molecule has 3 heteroatoms. The minimum atomic E-state index is 0.0518. The molecule has 0 radical (unpaired) electrons. The number of amides is 1. The van der Waals surface area contributed by atoms with Crippen LogP contribution in [-0.2, 0) is 0 Å². The molecule has 0 unspecified atom stereocenters. The summed E-state index contributed by atoms with van der Waals surface area (Å²) < 4.78 is 5.39. The second kappa shape index (κ2) is 7.62. The highest BCUT2D eigenvalue weighted by Crippen LogP contribution is 2.14. The Morgan fingerprint density at radius 1 is 1.37 bits per heavy atom. The Balaban J connectivity index is 2.59. The van der Waals surface area contributed by atoms with Crippen LogP contribution in [0.2, 0.25) is 0 Å². The second-order valence-electron chi connectivity index (χ2n) is 5.03. The van der Waals surface area contributed by atoms with Crippen LogP contribution in [-0.4, -0.2) is 31.0 Å². The minimum absolute atomic E-state index is 0.0518. The van der Waals surface area contributed by atoms with Crippen molar-refractivity contribution in [1.29, 1.82) is 0 Å². The van der Waals surface area contributed by atoms with Crippen LogP contribution in [0, 0.1) is 5.92 Å². The monoisotopic (exact) mass is 261 g/mol. The molecule has 0 heterocycles. The Bertz CT molecular complexity index is 409. The van der Waals surface area contributed by atoms with E-state index >= 15 is 0 Å². The van der Waals surface area contributed by atoms with Gasteiger partial charge < -0.3 is 9.64 Å². The van der Waals surface area contributed by atoms with Crippen molar-refractivity contribution < 1.29 is 9.53 Å². The van der Waals surface area contributed by atoms with Gasteiger partial charge in [0, 0.05) is 19.2 Å². The number of hydrogen-bond donors (Lipinski definition) is 0. The predicted octanol–water partition coefficient (Wildman–Crippen LogP) is 3.37. The first-order valence-electron chi connectivity index (χ1n) is 6.63. The smallest absolute Gasteiger partial charge is 0.253 e. The van der Waals surface area contributed by atoms with E-state index in [1.165, 1.54) is 0 Å². The molecule has 0 aromatic heterocycles. The van der Waals surface area contributed by atoms with Crippen LogP contribution >= 0.6 is 0 Å². The van der Waals surface area contributed by atoms with Crippen LogP contribution in [0.4, 0.5) is 0 Å². The molecular formula is C16H23NO2. The highest BCUT2D eigenvalue weighted by molar-refractivity contribution is 5.94. The van der Waals surface area contributed by atoms with Crippen molar-refractivity contribution in [3.63, 3.8) is 0 Å². The first kappa shape index (κ1) is 15.3. The van der Waals surface area contributed by atoms with Gasteiger partial charge in [0.05, 0.1) is 0 Å². The van der Waals surface area contributed by atoms with Gasteiger partial charge in [-0.2, -0.15) is 0 Å². The maximum atomic E-state index is 12.2. The minimum Gasteiger partial charge on any atom is -0.490 e. The molecule has 0 aliphatic carbocycles. The second-order valence-corrected chi connectivity index (χ2v) is 5.03. The zero-order chi connectivity index (χ0) is 14.3. The normalized spacial score (nSPS) is 10.3. The molecule has 0 fully saturated rings. The number of ether oxygens (including phenoxy) is 1. The van der Waals surface area contributed by atoms with E-state index in [2.05, 4.69) is 20.4 Å². The summed E-state index contributed by atoms with van der Waals surface area (Å²) in [6.45, 7) is 9.16. The Morgan fingerprint density at radius 3 is 2.53 bits per heavy atom. The molecule has 0 spiro atoms. The molecule has 0 atom stereocenters. The van der Waals surface area contributed by atoms with Crippen LogP contribution in [0.15, 0.2) is 36.9 Å². The van der Waals surface area contributed by atoms with E-state index < -0.39 is 0 Å². The lowest BCUT2D eigenvalue weighted by Gasteiger charge is -2.18. The first-order chi connectivity index (χ1) is 9.04. The summed E-state index contributed by atoms with van der Waals surface area (Å²) in [6.07, 6.45) is 2.71. The van der Waals surface area contributed by atoms with Gasteiger partial charge in [-0.3, -0.25) is 4.79 Å². The Hall–Kier alpha value is -1.77. The zero-order valence-electron chi connectivity index (χ0n) is 12.1. The molecule has 3 nitrogen and oxygen atoms in total. The van der Waals surface area contributed by atoms with Gasteiger partial charge >= 0.3 is 0 Å². The van der Waals surface area contributed by atoms with Gasteiger partial charge in [0.1, 0.15) is 12.4 Å². The third-order valence-electron chi connectivity index (χ3n) is 2.86. The fraction of sp³-hybridized carbons (Fsp3) is 0.438. The first-order valence-corrected chi connectivity index (χ1v) is 6.63. The standard InChI is InChI=1S/C16H23NO2/c1-5-12-19-15-8-6-14(7-9-15)16(18)17(4)11-10-13(2)3/h5-9,13H,1,10-12H2,2-4H3. The number of benzene rings is 1. The van der Waals surface area contributed by atoms with E-state index in [-0.39, 0.29) is 5.91 Å². The number of rotatable bonds is 7. The quantitative estimate of drug-likeness (QED) is 0.704. The van der Waals surface area contributed by atoms with Gasteiger partial charge in [0.2, 0.25) is 0 Å². The molecule has 104 valence electrons. The van der Waals surface area contributed by atoms with Gasteiger partial charge in [0.15, 0.2) is 0 Å². The summed E-state index contributed by atoms with van der Waals surface area (Å²) in [6, 6.07) is 7.22. The Kier molecular flexibility index (Phi) is 6.13. The predicted molar refractivity (Wildman–Crippen MR) is 78.5 cm³/mol. The van der Waals surface area contributed by atoms with Crippen LogP contribution in [0.1, 0.15) is 30.6 Å². The highest BCUT2D eigenvalue weighted by Gasteiger charge is 2.11. The lowest BCUT2D eigenvalue weighted by atomic mass is 10.1. The van der Waals surface area contributed by atoms with E-state index in [4.69, 9.17) is 4.74 Å². The summed E-state index contributed by atoms with van der Waals surface area (Å²) >= 11 is 0. The Morgan fingerprint density at radius 2 is 2.00 bits per heavy atom. The lowest BCUT2D eigenvalue weighted by Crippen LogP contribution is -2.28. The third kappa shape index (κ3) is 5.16. The number of hydrogen-bond acceptors (Lipinski definition) is 2. The topological polar surface area (TPSA) is 29.5 Å². The van der Waals surface area contributed by atoms with Crippen molar-refractivity contribution in [2.45, 2.75) is 20.3 Å². The van der Waals surface area contributed by atoms with Gasteiger partial charge in [-0.1, -0.05) is 26.5 Å². The number of carbonyl (C=O) groups is 1. The van der Waals surface area contributed by atoms with E-state index in [0.29, 0.717) is 18.1 Å². The summed E-state index contributed by atoms with van der Waals surface area (Å²) in [5.74, 6) is 1.40. The average molecular weight is 261 g/mol. The number of carbonyl (C=O) groups excluding carboxylic acids is 1. The SMILES string of the molecule is C=CCOc1ccc(C(=O)N(C)CCC(C)C)cc1. The van der Waals surface area contributed by atoms with Gasteiger partial charge in [0.25, 0.3) is 5.91 Å². The van der Waals surface area contributed by atoms with Crippen molar-refractivity contribution in [3.05, 3.63) is 42.5 Å². The van der Waals surface area contributed by atoms with Crippen molar-refractivity contribution in [3.8, 4) is 5.75 Å². The Labute approximate surface area is 115 Å². The third-order valence-corrected chi connectivity index (χ3v) is 2.86. The van der Waals surface area contributed by atoms with Crippen molar-refractivity contribution in [1.82, 2.24) is 4.90 Å². The van der Waals surface area contributed by atoms with Crippen molar-refractivity contribution in [2.75, 3.05) is 20.2 Å². The molecular weight excluding hydrogens is 238 g/mol. The summed E-state index contributed by atoms with van der Waals surface area (Å²) in [5, 5.41) is 0. The molecule has 0 bridgehead atoms. The van der Waals surface area contributed by atoms with Gasteiger partial charge in [-0.25, -0.2) is 0 Å². The average Bonchev–Trinajstić information content (AvgIpc) is 2.42. The van der Waals surface area contributed by atoms with Crippen LogP contribution in [0.3, 0.4) is 0 Å². The van der Waals surface area contributed by atoms with E-state index in [0.717, 1.165) is 18.7 Å². The van der Waals surface area contributed by atoms with E-state index in [9.17, 15) is 4.79 Å². The van der Waals surface area contributed by atoms with Crippen LogP contribution < -0.4 is 4.74 Å². The maximum Gasteiger partial charge on any atom is 0.253 e. The highest BCUT2D eigenvalue weighted by atomic mass is 16.5. The fourth-order valence-electron chi connectivity index (χ4n) is 1.62. The maximum absolute atomic E-state index is 12.2. The van der Waals surface area contributed by atoms with Crippen LogP contribution in [0.25, 0.3) is 0 Å². The molecule has 0 saturated carbocycles. The summed E-state index contributed by atoms with van der Waals surface area (Å²) in [5.41, 5.74) is 0.692. The lowest BCUT2D eigenvalue weighted by molar-refractivity contribution is 0.0789. The molecule has 1 aromatic rings. The van der Waals surface area contributed by atoms with Gasteiger partial charge in [-0.05, 0) is 36.6 Å². The van der Waals surface area contributed by atoms with Crippen LogP contribution in [0.5, 0.6) is 5.75 Å². The van der Waals surface area contributed by atoms with Crippen molar-refractivity contribution in [2.24, 2.45) is 5.92 Å². The molecule has 0 aliphatic rings. The van der Waals surface area contributed by atoms with E-state index in [1.54, 1.807) is 23.1 Å². The summed E-state index contributed by atoms with van der Waals surface area (Å²) in [4.78, 5) is 13.9. The molecule has 0 saturated heterocycles. The molecule has 1 amide bonds. The summed E-state index contributed by atoms with van der Waals surface area (Å²) in [7, 11) is 1.84. The molecule has 0 aliphatic heterocycles. The largest absolute Gasteiger partial charge is 0.490 e.